The molecule has 0 aliphatic heterocycles. The van der Waals surface area contributed by atoms with Crippen LogP contribution in [0.2, 0.25) is 0 Å². The Hall–Kier alpha value is -2.50. The molecular formula is C15H17FN4O. The normalized spacial score (nSPS) is 11.8. The molecule has 6 heteroatoms. The number of halogens is 1. The zero-order valence-corrected chi connectivity index (χ0v) is 12.1. The molecule has 21 heavy (non-hydrogen) atoms. The van der Waals surface area contributed by atoms with E-state index in [0.717, 1.165) is 11.4 Å². The average Bonchev–Trinajstić information content (AvgIpc) is 2.42. The fourth-order valence-corrected chi connectivity index (χ4v) is 2.06. The Morgan fingerprint density at radius 2 is 2.00 bits per heavy atom. The molecule has 1 aromatic carbocycles. The van der Waals surface area contributed by atoms with Crippen LogP contribution in [0, 0.1) is 12.7 Å². The first kappa shape index (κ1) is 14.9. The average molecular weight is 288 g/mol. The number of carbonyl (C=O) groups excluding carboxylic acids is 1. The van der Waals surface area contributed by atoms with Gasteiger partial charge in [-0.05, 0) is 32.0 Å². The minimum absolute atomic E-state index is 0.203. The number of benzene rings is 1. The molecule has 0 aliphatic carbocycles. The predicted octanol–water partition coefficient (Wildman–Crippen LogP) is 3.06. The number of aromatic nitrogens is 2. The van der Waals surface area contributed by atoms with E-state index in [4.69, 9.17) is 0 Å². The third-order valence-corrected chi connectivity index (χ3v) is 2.99. The second kappa shape index (κ2) is 6.30. The van der Waals surface area contributed by atoms with Crippen LogP contribution in [0.1, 0.15) is 31.3 Å². The van der Waals surface area contributed by atoms with Gasteiger partial charge in [0.15, 0.2) is 0 Å². The number of hydrogen-bond donors (Lipinski definition) is 2. The van der Waals surface area contributed by atoms with Crippen molar-refractivity contribution in [1.82, 2.24) is 9.97 Å². The standard InChI is InChI=1S/C15H17FN4O/c1-9-15(18-7-6-17-9)10(2)19-14-8-12(20-11(3)21)4-5-13(14)16/h4-8,10,19H,1-3H3,(H,20,21). The van der Waals surface area contributed by atoms with Crippen molar-refractivity contribution in [2.45, 2.75) is 26.8 Å². The summed E-state index contributed by atoms with van der Waals surface area (Å²) in [6, 6.07) is 4.17. The number of rotatable bonds is 4. The summed E-state index contributed by atoms with van der Waals surface area (Å²) < 4.78 is 13.9. The number of nitrogens with zero attached hydrogens (tertiary/aromatic N) is 2. The third kappa shape index (κ3) is 3.75. The van der Waals surface area contributed by atoms with Crippen LogP contribution in [0.4, 0.5) is 15.8 Å². The van der Waals surface area contributed by atoms with Gasteiger partial charge in [-0.25, -0.2) is 4.39 Å². The van der Waals surface area contributed by atoms with E-state index in [0.29, 0.717) is 11.4 Å². The maximum absolute atomic E-state index is 13.9. The van der Waals surface area contributed by atoms with Gasteiger partial charge in [0, 0.05) is 25.0 Å². The van der Waals surface area contributed by atoms with Crippen molar-refractivity contribution in [3.05, 3.63) is 47.8 Å². The fourth-order valence-electron chi connectivity index (χ4n) is 2.06. The van der Waals surface area contributed by atoms with Gasteiger partial charge in [-0.2, -0.15) is 0 Å². The van der Waals surface area contributed by atoms with Crippen molar-refractivity contribution in [3.63, 3.8) is 0 Å². The van der Waals surface area contributed by atoms with E-state index in [-0.39, 0.29) is 11.9 Å². The summed E-state index contributed by atoms with van der Waals surface area (Å²) in [7, 11) is 0. The number of hydrogen-bond acceptors (Lipinski definition) is 4. The summed E-state index contributed by atoms with van der Waals surface area (Å²) in [6.07, 6.45) is 3.22. The molecule has 0 fully saturated rings. The molecule has 1 unspecified atom stereocenters. The molecular weight excluding hydrogens is 271 g/mol. The molecule has 0 radical (unpaired) electrons. The number of nitrogens with one attached hydrogen (secondary N) is 2. The number of carbonyl (C=O) groups is 1. The largest absolute Gasteiger partial charge is 0.374 e. The summed E-state index contributed by atoms with van der Waals surface area (Å²) in [4.78, 5) is 19.5. The molecule has 1 amide bonds. The van der Waals surface area contributed by atoms with Gasteiger partial charge in [0.1, 0.15) is 5.82 Å². The molecule has 0 saturated heterocycles. The molecule has 1 aromatic heterocycles. The first-order valence-corrected chi connectivity index (χ1v) is 6.58. The lowest BCUT2D eigenvalue weighted by Crippen LogP contribution is -2.13. The van der Waals surface area contributed by atoms with Crippen LogP contribution in [-0.4, -0.2) is 15.9 Å². The summed E-state index contributed by atoms with van der Waals surface area (Å²) in [5, 5.41) is 5.68. The van der Waals surface area contributed by atoms with Gasteiger partial charge in [0.05, 0.1) is 23.1 Å². The quantitative estimate of drug-likeness (QED) is 0.907. The van der Waals surface area contributed by atoms with Gasteiger partial charge in [-0.15, -0.1) is 0 Å². The fraction of sp³-hybridized carbons (Fsp3) is 0.267. The van der Waals surface area contributed by atoms with Crippen LogP contribution in [0.15, 0.2) is 30.6 Å². The first-order chi connectivity index (χ1) is 9.97. The maximum Gasteiger partial charge on any atom is 0.221 e. The van der Waals surface area contributed by atoms with E-state index < -0.39 is 5.82 Å². The van der Waals surface area contributed by atoms with Gasteiger partial charge < -0.3 is 10.6 Å². The van der Waals surface area contributed by atoms with Gasteiger partial charge in [0.2, 0.25) is 5.91 Å². The Labute approximate surface area is 122 Å². The maximum atomic E-state index is 13.9. The highest BCUT2D eigenvalue weighted by Crippen LogP contribution is 2.24. The van der Waals surface area contributed by atoms with Gasteiger partial charge in [-0.3, -0.25) is 14.8 Å². The molecule has 110 valence electrons. The minimum atomic E-state index is -0.391. The summed E-state index contributed by atoms with van der Waals surface area (Å²) >= 11 is 0. The zero-order chi connectivity index (χ0) is 15.4. The molecule has 2 aromatic rings. The van der Waals surface area contributed by atoms with Gasteiger partial charge in [-0.1, -0.05) is 0 Å². The summed E-state index contributed by atoms with van der Waals surface area (Å²) in [5.74, 6) is -0.595. The highest BCUT2D eigenvalue weighted by atomic mass is 19.1. The van der Waals surface area contributed by atoms with Crippen molar-refractivity contribution in [3.8, 4) is 0 Å². The Morgan fingerprint density at radius 3 is 2.67 bits per heavy atom. The smallest absolute Gasteiger partial charge is 0.221 e. The second-order valence-electron chi connectivity index (χ2n) is 4.77. The lowest BCUT2D eigenvalue weighted by Gasteiger charge is -2.17. The minimum Gasteiger partial charge on any atom is -0.374 e. The summed E-state index contributed by atoms with van der Waals surface area (Å²) in [5.41, 5.74) is 2.38. The number of aryl methyl sites for hydroxylation is 1. The molecule has 5 nitrogen and oxygen atoms in total. The van der Waals surface area contributed by atoms with E-state index in [2.05, 4.69) is 20.6 Å². The summed E-state index contributed by atoms with van der Waals surface area (Å²) in [6.45, 7) is 5.13. The molecule has 1 heterocycles. The lowest BCUT2D eigenvalue weighted by atomic mass is 10.1. The SMILES string of the molecule is CC(=O)Nc1ccc(F)c(NC(C)c2nccnc2C)c1. The van der Waals surface area contributed by atoms with E-state index in [1.54, 1.807) is 18.5 Å². The molecule has 0 spiro atoms. The molecule has 0 aliphatic rings. The topological polar surface area (TPSA) is 66.9 Å². The van der Waals surface area contributed by atoms with E-state index in [1.807, 2.05) is 13.8 Å². The zero-order valence-electron chi connectivity index (χ0n) is 12.1. The Kier molecular flexibility index (Phi) is 4.47. The monoisotopic (exact) mass is 288 g/mol. The van der Waals surface area contributed by atoms with E-state index in [1.165, 1.54) is 19.1 Å². The molecule has 2 N–H and O–H groups in total. The Morgan fingerprint density at radius 1 is 1.29 bits per heavy atom. The third-order valence-electron chi connectivity index (χ3n) is 2.99. The van der Waals surface area contributed by atoms with Gasteiger partial charge >= 0.3 is 0 Å². The number of amides is 1. The van der Waals surface area contributed by atoms with Crippen LogP contribution in [0.3, 0.4) is 0 Å². The highest BCUT2D eigenvalue weighted by molar-refractivity contribution is 5.89. The van der Waals surface area contributed by atoms with E-state index in [9.17, 15) is 9.18 Å². The van der Waals surface area contributed by atoms with Crippen LogP contribution in [-0.2, 0) is 4.79 Å². The lowest BCUT2D eigenvalue weighted by molar-refractivity contribution is -0.114. The van der Waals surface area contributed by atoms with Crippen molar-refractivity contribution < 1.29 is 9.18 Å². The molecule has 2 rings (SSSR count). The van der Waals surface area contributed by atoms with E-state index >= 15 is 0 Å². The Balaban J connectivity index is 2.22. The van der Waals surface area contributed by atoms with Crippen molar-refractivity contribution in [2.24, 2.45) is 0 Å². The predicted molar refractivity (Wildman–Crippen MR) is 79.5 cm³/mol. The molecule has 0 bridgehead atoms. The van der Waals surface area contributed by atoms with Crippen LogP contribution >= 0.6 is 0 Å². The highest BCUT2D eigenvalue weighted by Gasteiger charge is 2.13. The Bertz CT molecular complexity index is 660. The number of anilines is 2. The molecule has 1 atom stereocenters. The van der Waals surface area contributed by atoms with Gasteiger partial charge in [0.25, 0.3) is 0 Å². The molecule has 0 saturated carbocycles. The van der Waals surface area contributed by atoms with Crippen LogP contribution in [0.5, 0.6) is 0 Å². The second-order valence-corrected chi connectivity index (χ2v) is 4.77. The van der Waals surface area contributed by atoms with Crippen molar-refractivity contribution in [2.75, 3.05) is 10.6 Å². The van der Waals surface area contributed by atoms with Crippen LogP contribution < -0.4 is 10.6 Å². The van der Waals surface area contributed by atoms with Crippen LogP contribution in [0.25, 0.3) is 0 Å². The first-order valence-electron chi connectivity index (χ1n) is 6.58. The van der Waals surface area contributed by atoms with Crippen molar-refractivity contribution in [1.29, 1.82) is 0 Å². The van der Waals surface area contributed by atoms with Crippen molar-refractivity contribution >= 4 is 17.3 Å².